The highest BCUT2D eigenvalue weighted by molar-refractivity contribution is 9.10. The number of pyridine rings is 1. The van der Waals surface area contributed by atoms with Crippen LogP contribution >= 0.6 is 15.9 Å². The van der Waals surface area contributed by atoms with Crippen LogP contribution in [0.4, 0.5) is 5.82 Å². The van der Waals surface area contributed by atoms with Crippen LogP contribution in [0.2, 0.25) is 0 Å². The molecule has 0 aliphatic carbocycles. The monoisotopic (exact) mass is 293 g/mol. The van der Waals surface area contributed by atoms with Crippen LogP contribution in [0.1, 0.15) is 12.6 Å². The van der Waals surface area contributed by atoms with Gasteiger partial charge in [-0.15, -0.1) is 0 Å². The first-order chi connectivity index (χ1) is 6.86. The lowest BCUT2D eigenvalue weighted by molar-refractivity contribution is 0.597. The molecule has 7 heteroatoms. The quantitative estimate of drug-likeness (QED) is 0.878. The number of sulfonamides is 1. The molecule has 0 spiro atoms. The van der Waals surface area contributed by atoms with E-state index in [2.05, 4.69) is 26.2 Å². The van der Waals surface area contributed by atoms with Gasteiger partial charge >= 0.3 is 0 Å². The second-order valence-electron chi connectivity index (χ2n) is 2.98. The van der Waals surface area contributed by atoms with Crippen LogP contribution in [0, 0.1) is 6.92 Å². The third kappa shape index (κ3) is 2.90. The Morgan fingerprint density at radius 3 is 2.67 bits per heavy atom. The Bertz CT molecular complexity index is 473. The van der Waals surface area contributed by atoms with Crippen LogP contribution in [-0.4, -0.2) is 19.9 Å². The Labute approximate surface area is 97.3 Å². The molecule has 0 aliphatic rings. The standard InChI is InChI=1S/C8H12BrN3O2S/c1-3-11-8-7(15(10,13)14)4-6(9)5(2)12-8/h4H,3H2,1-2H3,(H,11,12)(H2,10,13,14). The van der Waals surface area contributed by atoms with E-state index in [0.29, 0.717) is 22.5 Å². The average Bonchev–Trinajstić information content (AvgIpc) is 2.09. The van der Waals surface area contributed by atoms with Gasteiger partial charge in [0.05, 0.1) is 5.69 Å². The van der Waals surface area contributed by atoms with Gasteiger partial charge in [-0.3, -0.25) is 0 Å². The number of hydrogen-bond donors (Lipinski definition) is 2. The first kappa shape index (κ1) is 12.4. The van der Waals surface area contributed by atoms with Crippen LogP contribution in [0.25, 0.3) is 0 Å². The van der Waals surface area contributed by atoms with Gasteiger partial charge in [-0.2, -0.15) is 0 Å². The van der Waals surface area contributed by atoms with Crippen molar-refractivity contribution in [3.63, 3.8) is 0 Å². The maximum absolute atomic E-state index is 11.3. The topological polar surface area (TPSA) is 85.1 Å². The number of nitrogens with one attached hydrogen (secondary N) is 1. The van der Waals surface area contributed by atoms with E-state index < -0.39 is 10.0 Å². The number of nitrogens with two attached hydrogens (primary N) is 1. The van der Waals surface area contributed by atoms with Gasteiger partial charge in [0, 0.05) is 11.0 Å². The lowest BCUT2D eigenvalue weighted by Crippen LogP contribution is -2.16. The second-order valence-corrected chi connectivity index (χ2v) is 5.36. The van der Waals surface area contributed by atoms with Crippen molar-refractivity contribution < 1.29 is 8.42 Å². The largest absolute Gasteiger partial charge is 0.369 e. The number of primary sulfonamides is 1. The molecule has 0 unspecified atom stereocenters. The summed E-state index contributed by atoms with van der Waals surface area (Å²) in [5, 5.41) is 7.94. The van der Waals surface area contributed by atoms with Crippen LogP contribution in [0.5, 0.6) is 0 Å². The third-order valence-corrected chi connectivity index (χ3v) is 3.49. The molecular formula is C8H12BrN3O2S. The minimum Gasteiger partial charge on any atom is -0.369 e. The molecule has 1 aromatic heterocycles. The molecule has 1 heterocycles. The van der Waals surface area contributed by atoms with Gasteiger partial charge in [-0.05, 0) is 35.8 Å². The lowest BCUT2D eigenvalue weighted by Gasteiger charge is -2.10. The number of halogens is 1. The van der Waals surface area contributed by atoms with Gasteiger partial charge in [0.15, 0.2) is 0 Å². The van der Waals surface area contributed by atoms with E-state index in [1.165, 1.54) is 6.07 Å². The summed E-state index contributed by atoms with van der Waals surface area (Å²) in [6.45, 7) is 4.21. The Morgan fingerprint density at radius 1 is 1.60 bits per heavy atom. The smallest absolute Gasteiger partial charge is 0.241 e. The molecular weight excluding hydrogens is 282 g/mol. The number of aryl methyl sites for hydroxylation is 1. The van der Waals surface area contributed by atoms with E-state index in [0.717, 1.165) is 0 Å². The number of nitrogens with zero attached hydrogens (tertiary/aromatic N) is 1. The molecule has 15 heavy (non-hydrogen) atoms. The molecule has 1 aromatic rings. The molecule has 0 fully saturated rings. The third-order valence-electron chi connectivity index (χ3n) is 1.77. The molecule has 0 aliphatic heterocycles. The number of aromatic nitrogens is 1. The normalized spacial score (nSPS) is 11.5. The van der Waals surface area contributed by atoms with Gasteiger partial charge in [-0.25, -0.2) is 18.5 Å². The highest BCUT2D eigenvalue weighted by Crippen LogP contribution is 2.24. The summed E-state index contributed by atoms with van der Waals surface area (Å²) < 4.78 is 23.2. The van der Waals surface area contributed by atoms with Crippen molar-refractivity contribution in [1.82, 2.24) is 4.98 Å². The zero-order valence-electron chi connectivity index (χ0n) is 8.41. The lowest BCUT2D eigenvalue weighted by atomic mass is 10.3. The van der Waals surface area contributed by atoms with Crippen LogP contribution in [-0.2, 0) is 10.0 Å². The summed E-state index contributed by atoms with van der Waals surface area (Å²) in [4.78, 5) is 4.11. The van der Waals surface area contributed by atoms with Gasteiger partial charge in [-0.1, -0.05) is 0 Å². The van der Waals surface area contributed by atoms with Gasteiger partial charge in [0.2, 0.25) is 10.0 Å². The molecule has 0 saturated carbocycles. The Hall–Kier alpha value is -0.660. The summed E-state index contributed by atoms with van der Waals surface area (Å²) in [7, 11) is -3.75. The fraction of sp³-hybridized carbons (Fsp3) is 0.375. The molecule has 0 atom stereocenters. The molecule has 0 aromatic carbocycles. The summed E-state index contributed by atoms with van der Waals surface area (Å²) in [5.74, 6) is 0.292. The van der Waals surface area contributed by atoms with Gasteiger partial charge in [0.1, 0.15) is 10.7 Å². The SMILES string of the molecule is CCNc1nc(C)c(Br)cc1S(N)(=O)=O. The van der Waals surface area contributed by atoms with E-state index in [1.807, 2.05) is 6.92 Å². The predicted molar refractivity (Wildman–Crippen MR) is 62.2 cm³/mol. The molecule has 1 rings (SSSR count). The zero-order valence-corrected chi connectivity index (χ0v) is 10.8. The molecule has 0 saturated heterocycles. The van der Waals surface area contributed by atoms with Crippen molar-refractivity contribution in [2.24, 2.45) is 5.14 Å². The highest BCUT2D eigenvalue weighted by atomic mass is 79.9. The number of rotatable bonds is 3. The van der Waals surface area contributed by atoms with Crippen LogP contribution in [0.15, 0.2) is 15.4 Å². The van der Waals surface area contributed by atoms with Crippen molar-refractivity contribution >= 4 is 31.8 Å². The Morgan fingerprint density at radius 2 is 2.20 bits per heavy atom. The van der Waals surface area contributed by atoms with Gasteiger partial charge < -0.3 is 5.32 Å². The average molecular weight is 294 g/mol. The highest BCUT2D eigenvalue weighted by Gasteiger charge is 2.16. The first-order valence-electron chi connectivity index (χ1n) is 4.30. The van der Waals surface area contributed by atoms with Crippen molar-refractivity contribution in [3.05, 3.63) is 16.2 Å². The predicted octanol–water partition coefficient (Wildman–Crippen LogP) is 1.23. The number of anilines is 1. The Balaban J connectivity index is 3.42. The van der Waals surface area contributed by atoms with Crippen molar-refractivity contribution in [1.29, 1.82) is 0 Å². The van der Waals surface area contributed by atoms with Gasteiger partial charge in [0.25, 0.3) is 0 Å². The maximum atomic E-state index is 11.3. The first-order valence-corrected chi connectivity index (χ1v) is 6.64. The molecule has 0 radical (unpaired) electrons. The summed E-state index contributed by atoms with van der Waals surface area (Å²) in [5.41, 5.74) is 0.707. The van der Waals surface area contributed by atoms with Crippen molar-refractivity contribution in [3.8, 4) is 0 Å². The zero-order chi connectivity index (χ0) is 11.6. The molecule has 0 amide bonds. The van der Waals surface area contributed by atoms with Crippen molar-refractivity contribution in [2.45, 2.75) is 18.7 Å². The fourth-order valence-corrected chi connectivity index (χ4v) is 2.21. The minimum absolute atomic E-state index is 0.00169. The van der Waals surface area contributed by atoms with Crippen LogP contribution < -0.4 is 10.5 Å². The molecule has 5 nitrogen and oxygen atoms in total. The summed E-state index contributed by atoms with van der Waals surface area (Å²) in [6, 6.07) is 1.45. The summed E-state index contributed by atoms with van der Waals surface area (Å²) >= 11 is 3.21. The summed E-state index contributed by atoms with van der Waals surface area (Å²) in [6.07, 6.45) is 0. The molecule has 84 valence electrons. The molecule has 0 bridgehead atoms. The van der Waals surface area contributed by atoms with E-state index in [4.69, 9.17) is 5.14 Å². The van der Waals surface area contributed by atoms with E-state index in [9.17, 15) is 8.42 Å². The maximum Gasteiger partial charge on any atom is 0.241 e. The minimum atomic E-state index is -3.75. The molecule has 3 N–H and O–H groups in total. The fourth-order valence-electron chi connectivity index (χ4n) is 1.08. The van der Waals surface area contributed by atoms with E-state index in [1.54, 1.807) is 6.92 Å². The Kier molecular flexibility index (Phi) is 3.69. The van der Waals surface area contributed by atoms with E-state index >= 15 is 0 Å². The van der Waals surface area contributed by atoms with Crippen molar-refractivity contribution in [2.75, 3.05) is 11.9 Å². The number of hydrogen-bond acceptors (Lipinski definition) is 4. The van der Waals surface area contributed by atoms with Crippen LogP contribution in [0.3, 0.4) is 0 Å². The second kappa shape index (κ2) is 4.46. The van der Waals surface area contributed by atoms with E-state index in [-0.39, 0.29) is 4.90 Å².